The maximum Gasteiger partial charge on any atom is 0.416 e. The van der Waals surface area contributed by atoms with Crippen molar-refractivity contribution in [3.05, 3.63) is 53.1 Å². The number of hydrogen-bond acceptors (Lipinski definition) is 4. The van der Waals surface area contributed by atoms with Crippen LogP contribution < -0.4 is 15.1 Å². The summed E-state index contributed by atoms with van der Waals surface area (Å²) >= 11 is 5.90. The Hall–Kier alpha value is -2.78. The number of halogens is 4. The molecule has 176 valence electrons. The second kappa shape index (κ2) is 9.23. The highest BCUT2D eigenvalue weighted by Gasteiger charge is 2.36. The Morgan fingerprint density at radius 3 is 2.36 bits per heavy atom. The summed E-state index contributed by atoms with van der Waals surface area (Å²) in [6, 6.07) is 10.1. The SMILES string of the molecule is CN1CCN(c2ccc(C(F)(F)F)cc2NC(=O)C2CC(=O)N(c3ccc(Cl)cc3)C2)CC1. The first-order valence-electron chi connectivity index (χ1n) is 10.6. The molecule has 1 unspecified atom stereocenters. The lowest BCUT2D eigenvalue weighted by Crippen LogP contribution is -2.44. The van der Waals surface area contributed by atoms with Crippen molar-refractivity contribution in [2.45, 2.75) is 12.6 Å². The van der Waals surface area contributed by atoms with Gasteiger partial charge in [0, 0.05) is 49.9 Å². The Morgan fingerprint density at radius 2 is 1.73 bits per heavy atom. The lowest BCUT2D eigenvalue weighted by molar-refractivity contribution is -0.137. The number of alkyl halides is 3. The number of carbonyl (C=O) groups excluding carboxylic acids is 2. The summed E-state index contributed by atoms with van der Waals surface area (Å²) in [4.78, 5) is 31.1. The fourth-order valence-corrected chi connectivity index (χ4v) is 4.25. The van der Waals surface area contributed by atoms with Crippen LogP contribution in [0.4, 0.5) is 30.2 Å². The molecule has 0 aromatic heterocycles. The third-order valence-corrected chi connectivity index (χ3v) is 6.31. The van der Waals surface area contributed by atoms with Crippen LogP contribution in [0, 0.1) is 5.92 Å². The summed E-state index contributed by atoms with van der Waals surface area (Å²) in [6.07, 6.45) is -4.55. The number of hydrogen-bond donors (Lipinski definition) is 1. The number of benzene rings is 2. The Balaban J connectivity index is 1.55. The van der Waals surface area contributed by atoms with Gasteiger partial charge in [-0.25, -0.2) is 0 Å². The zero-order valence-electron chi connectivity index (χ0n) is 18.0. The van der Waals surface area contributed by atoms with Gasteiger partial charge in [-0.2, -0.15) is 13.2 Å². The quantitative estimate of drug-likeness (QED) is 0.716. The summed E-state index contributed by atoms with van der Waals surface area (Å²) in [7, 11) is 1.98. The summed E-state index contributed by atoms with van der Waals surface area (Å²) in [5, 5.41) is 3.21. The largest absolute Gasteiger partial charge is 0.416 e. The van der Waals surface area contributed by atoms with Gasteiger partial charge in [0.25, 0.3) is 0 Å². The van der Waals surface area contributed by atoms with E-state index in [0.29, 0.717) is 29.5 Å². The number of rotatable bonds is 4. The van der Waals surface area contributed by atoms with Crippen LogP contribution in [0.5, 0.6) is 0 Å². The number of anilines is 3. The van der Waals surface area contributed by atoms with E-state index in [4.69, 9.17) is 11.6 Å². The van der Waals surface area contributed by atoms with Gasteiger partial charge < -0.3 is 20.0 Å². The third-order valence-electron chi connectivity index (χ3n) is 6.06. The minimum atomic E-state index is -4.53. The summed E-state index contributed by atoms with van der Waals surface area (Å²) in [5.74, 6) is -1.38. The fourth-order valence-electron chi connectivity index (χ4n) is 4.12. The van der Waals surface area contributed by atoms with Crippen LogP contribution in [-0.2, 0) is 15.8 Å². The van der Waals surface area contributed by atoms with Crippen LogP contribution in [0.15, 0.2) is 42.5 Å². The zero-order chi connectivity index (χ0) is 23.8. The van der Waals surface area contributed by atoms with Gasteiger partial charge in [0.2, 0.25) is 11.8 Å². The number of nitrogens with one attached hydrogen (secondary N) is 1. The van der Waals surface area contributed by atoms with E-state index in [1.165, 1.54) is 11.0 Å². The molecule has 2 aliphatic heterocycles. The normalized spacial score (nSPS) is 19.8. The van der Waals surface area contributed by atoms with E-state index >= 15 is 0 Å². The number of carbonyl (C=O) groups is 2. The van der Waals surface area contributed by atoms with Crippen LogP contribution in [0.25, 0.3) is 0 Å². The lowest BCUT2D eigenvalue weighted by atomic mass is 10.1. The van der Waals surface area contributed by atoms with Gasteiger partial charge in [0.1, 0.15) is 0 Å². The van der Waals surface area contributed by atoms with E-state index in [1.54, 1.807) is 24.3 Å². The molecule has 2 aromatic rings. The second-order valence-electron chi connectivity index (χ2n) is 8.39. The van der Waals surface area contributed by atoms with Crippen molar-refractivity contribution in [3.63, 3.8) is 0 Å². The molecule has 33 heavy (non-hydrogen) atoms. The maximum atomic E-state index is 13.4. The predicted molar refractivity (Wildman–Crippen MR) is 122 cm³/mol. The molecular formula is C23H24ClF3N4O2. The highest BCUT2D eigenvalue weighted by atomic mass is 35.5. The third kappa shape index (κ3) is 5.25. The van der Waals surface area contributed by atoms with Crippen molar-refractivity contribution >= 4 is 40.5 Å². The highest BCUT2D eigenvalue weighted by Crippen LogP contribution is 2.36. The van der Waals surface area contributed by atoms with Gasteiger partial charge in [-0.1, -0.05) is 11.6 Å². The zero-order valence-corrected chi connectivity index (χ0v) is 18.8. The number of nitrogens with zero attached hydrogens (tertiary/aromatic N) is 3. The van der Waals surface area contributed by atoms with Gasteiger partial charge in [-0.15, -0.1) is 0 Å². The standard InChI is InChI=1S/C23H24ClF3N4O2/c1-29-8-10-30(11-9-29)20-7-2-16(23(25,26)27)13-19(20)28-22(33)15-12-21(32)31(14-15)18-5-3-17(24)4-6-18/h2-7,13,15H,8-12,14H2,1H3,(H,28,33). The summed E-state index contributed by atoms with van der Waals surface area (Å²) in [6.45, 7) is 2.95. The monoisotopic (exact) mass is 480 g/mol. The average Bonchev–Trinajstić information content (AvgIpc) is 3.16. The Labute approximate surface area is 194 Å². The van der Waals surface area contributed by atoms with E-state index in [1.807, 2.05) is 11.9 Å². The van der Waals surface area contributed by atoms with E-state index in [9.17, 15) is 22.8 Å². The molecule has 1 atom stereocenters. The molecule has 0 spiro atoms. The van der Waals surface area contributed by atoms with Crippen molar-refractivity contribution in [2.75, 3.05) is 54.9 Å². The average molecular weight is 481 g/mol. The lowest BCUT2D eigenvalue weighted by Gasteiger charge is -2.35. The Kier molecular flexibility index (Phi) is 6.54. The van der Waals surface area contributed by atoms with Crippen molar-refractivity contribution < 1.29 is 22.8 Å². The van der Waals surface area contributed by atoms with Gasteiger partial charge in [-0.05, 0) is 49.5 Å². The molecule has 2 amide bonds. The van der Waals surface area contributed by atoms with Crippen LogP contribution in [-0.4, -0.2) is 56.5 Å². The second-order valence-corrected chi connectivity index (χ2v) is 8.83. The molecule has 2 aliphatic rings. The Morgan fingerprint density at radius 1 is 1.06 bits per heavy atom. The van der Waals surface area contributed by atoms with Crippen LogP contribution in [0.1, 0.15) is 12.0 Å². The van der Waals surface area contributed by atoms with E-state index in [0.717, 1.165) is 25.2 Å². The van der Waals surface area contributed by atoms with Gasteiger partial charge >= 0.3 is 6.18 Å². The first-order valence-corrected chi connectivity index (χ1v) is 11.0. The van der Waals surface area contributed by atoms with Crippen molar-refractivity contribution in [1.82, 2.24) is 4.90 Å². The van der Waals surface area contributed by atoms with E-state index in [2.05, 4.69) is 10.2 Å². The molecule has 6 nitrogen and oxygen atoms in total. The van der Waals surface area contributed by atoms with Crippen molar-refractivity contribution in [3.8, 4) is 0 Å². The number of likely N-dealkylation sites (N-methyl/N-ethyl adjacent to an activating group) is 1. The van der Waals surface area contributed by atoms with Gasteiger partial charge in [0.05, 0.1) is 22.9 Å². The van der Waals surface area contributed by atoms with Gasteiger partial charge in [0.15, 0.2) is 0 Å². The molecule has 4 rings (SSSR count). The maximum absolute atomic E-state index is 13.4. The molecule has 2 aromatic carbocycles. The van der Waals surface area contributed by atoms with Crippen molar-refractivity contribution in [2.24, 2.45) is 5.92 Å². The molecule has 0 aliphatic carbocycles. The minimum absolute atomic E-state index is 0.0166. The van der Waals surface area contributed by atoms with E-state index < -0.39 is 23.6 Å². The summed E-state index contributed by atoms with van der Waals surface area (Å²) < 4.78 is 40.1. The molecule has 0 saturated carbocycles. The highest BCUT2D eigenvalue weighted by molar-refractivity contribution is 6.30. The molecule has 2 heterocycles. The Bertz CT molecular complexity index is 1040. The summed E-state index contributed by atoms with van der Waals surface area (Å²) in [5.41, 5.74) is 0.443. The topological polar surface area (TPSA) is 55.9 Å². The number of piperazine rings is 1. The number of amides is 2. The predicted octanol–water partition coefficient (Wildman–Crippen LogP) is 4.10. The molecule has 2 fully saturated rings. The fraction of sp³-hybridized carbons (Fsp3) is 0.391. The first-order chi connectivity index (χ1) is 15.6. The van der Waals surface area contributed by atoms with E-state index in [-0.39, 0.29) is 24.6 Å². The van der Waals surface area contributed by atoms with Crippen LogP contribution >= 0.6 is 11.6 Å². The van der Waals surface area contributed by atoms with Gasteiger partial charge in [-0.3, -0.25) is 9.59 Å². The molecule has 0 radical (unpaired) electrons. The van der Waals surface area contributed by atoms with Crippen LogP contribution in [0.3, 0.4) is 0 Å². The molecular weight excluding hydrogens is 457 g/mol. The minimum Gasteiger partial charge on any atom is -0.367 e. The molecule has 10 heteroatoms. The first kappa shape index (κ1) is 23.4. The molecule has 2 saturated heterocycles. The molecule has 1 N–H and O–H groups in total. The van der Waals surface area contributed by atoms with Crippen molar-refractivity contribution in [1.29, 1.82) is 0 Å². The van der Waals surface area contributed by atoms with Crippen LogP contribution in [0.2, 0.25) is 5.02 Å². The smallest absolute Gasteiger partial charge is 0.367 e. The molecule has 0 bridgehead atoms.